The Morgan fingerprint density at radius 3 is 2.28 bits per heavy atom. The fourth-order valence-electron chi connectivity index (χ4n) is 3.46. The molecule has 2 aromatic rings. The van der Waals surface area contributed by atoms with Crippen LogP contribution in [0.4, 0.5) is 0 Å². The molecule has 4 nitrogen and oxygen atoms in total. The molecule has 0 radical (unpaired) electrons. The number of hydrogen-bond donors (Lipinski definition) is 2. The van der Waals surface area contributed by atoms with Gasteiger partial charge in [0.25, 0.3) is 0 Å². The summed E-state index contributed by atoms with van der Waals surface area (Å²) in [6.07, 6.45) is 2.13. The van der Waals surface area contributed by atoms with Gasteiger partial charge in [-0.1, -0.05) is 54.6 Å². The minimum Gasteiger partial charge on any atom is -0.468 e. The number of hydrogen-bond acceptors (Lipinski definition) is 4. The summed E-state index contributed by atoms with van der Waals surface area (Å²) >= 11 is 0. The Bertz CT molecular complexity index is 689. The van der Waals surface area contributed by atoms with Crippen molar-refractivity contribution >= 4 is 5.97 Å². The number of rotatable bonds is 5. The molecule has 0 unspecified atom stereocenters. The fourth-order valence-corrected chi connectivity index (χ4v) is 3.46. The molecule has 1 aliphatic carbocycles. The second kappa shape index (κ2) is 7.81. The molecule has 3 rings (SSSR count). The molecular formula is C21H25NO3. The van der Waals surface area contributed by atoms with E-state index in [1.807, 2.05) is 18.2 Å². The maximum Gasteiger partial charge on any atom is 0.326 e. The Hall–Kier alpha value is -2.17. The van der Waals surface area contributed by atoms with E-state index >= 15 is 0 Å². The van der Waals surface area contributed by atoms with E-state index in [1.54, 1.807) is 0 Å². The van der Waals surface area contributed by atoms with Gasteiger partial charge in [0.15, 0.2) is 0 Å². The number of nitrogens with one attached hydrogen (secondary N) is 1. The van der Waals surface area contributed by atoms with Crippen LogP contribution in [0.2, 0.25) is 0 Å². The SMILES string of the molecule is COC(=O)[C@]1(NCc2ccc(-c3ccccc3)cc2)CC[C@@H](O)CC1. The Labute approximate surface area is 148 Å². The third-order valence-corrected chi connectivity index (χ3v) is 5.08. The highest BCUT2D eigenvalue weighted by Gasteiger charge is 2.42. The lowest BCUT2D eigenvalue weighted by atomic mass is 9.80. The standard InChI is InChI=1S/C21H25NO3/c1-25-20(24)21(13-11-19(23)12-14-21)22-15-16-7-9-18(10-8-16)17-5-3-2-4-6-17/h2-10,19,22-23H,11-15H2,1H3/t19-,21+. The second-order valence-electron chi connectivity index (χ2n) is 6.72. The van der Waals surface area contributed by atoms with E-state index in [0.717, 1.165) is 5.56 Å². The monoisotopic (exact) mass is 339 g/mol. The van der Waals surface area contributed by atoms with Crippen LogP contribution in [0.3, 0.4) is 0 Å². The Balaban J connectivity index is 1.68. The zero-order valence-corrected chi connectivity index (χ0v) is 14.6. The van der Waals surface area contributed by atoms with E-state index in [-0.39, 0.29) is 12.1 Å². The molecule has 1 fully saturated rings. The summed E-state index contributed by atoms with van der Waals surface area (Å²) in [5.74, 6) is -0.236. The van der Waals surface area contributed by atoms with Gasteiger partial charge in [0.05, 0.1) is 13.2 Å². The van der Waals surface area contributed by atoms with E-state index in [0.29, 0.717) is 32.2 Å². The lowest BCUT2D eigenvalue weighted by Crippen LogP contribution is -2.55. The molecule has 1 aliphatic rings. The average Bonchev–Trinajstić information content (AvgIpc) is 2.68. The summed E-state index contributed by atoms with van der Waals surface area (Å²) in [6, 6.07) is 18.6. The van der Waals surface area contributed by atoms with Crippen LogP contribution in [0, 0.1) is 0 Å². The molecule has 2 N–H and O–H groups in total. The molecule has 0 aliphatic heterocycles. The highest BCUT2D eigenvalue weighted by Crippen LogP contribution is 2.30. The predicted octanol–water partition coefficient (Wildman–Crippen LogP) is 3.29. The predicted molar refractivity (Wildman–Crippen MR) is 97.9 cm³/mol. The molecule has 1 saturated carbocycles. The maximum atomic E-state index is 12.3. The van der Waals surface area contributed by atoms with Gasteiger partial charge in [-0.3, -0.25) is 10.1 Å². The van der Waals surface area contributed by atoms with Crippen LogP contribution in [0.5, 0.6) is 0 Å². The van der Waals surface area contributed by atoms with Gasteiger partial charge >= 0.3 is 5.97 Å². The quantitative estimate of drug-likeness (QED) is 0.821. The smallest absolute Gasteiger partial charge is 0.326 e. The second-order valence-corrected chi connectivity index (χ2v) is 6.72. The largest absolute Gasteiger partial charge is 0.468 e. The first kappa shape index (κ1) is 17.6. The number of carbonyl (C=O) groups is 1. The van der Waals surface area contributed by atoms with Crippen molar-refractivity contribution in [3.8, 4) is 11.1 Å². The number of methoxy groups -OCH3 is 1. The number of carbonyl (C=O) groups excluding carboxylic acids is 1. The van der Waals surface area contributed by atoms with E-state index in [4.69, 9.17) is 4.74 Å². The van der Waals surface area contributed by atoms with E-state index < -0.39 is 5.54 Å². The number of aliphatic hydroxyl groups excluding tert-OH is 1. The van der Waals surface area contributed by atoms with Crippen molar-refractivity contribution in [1.82, 2.24) is 5.32 Å². The van der Waals surface area contributed by atoms with Crippen molar-refractivity contribution in [2.24, 2.45) is 0 Å². The maximum absolute atomic E-state index is 12.3. The first-order valence-corrected chi connectivity index (χ1v) is 8.79. The number of ether oxygens (including phenoxy) is 1. The van der Waals surface area contributed by atoms with Gasteiger partial charge in [0.1, 0.15) is 5.54 Å². The first-order chi connectivity index (χ1) is 12.1. The summed E-state index contributed by atoms with van der Waals surface area (Å²) in [5, 5.41) is 13.1. The number of esters is 1. The number of aliphatic hydroxyl groups is 1. The summed E-state index contributed by atoms with van der Waals surface area (Å²) in [6.45, 7) is 0.597. The minimum atomic E-state index is -0.688. The molecule has 0 bridgehead atoms. The molecule has 0 heterocycles. The van der Waals surface area contributed by atoms with Gasteiger partial charge in [-0.15, -0.1) is 0 Å². The first-order valence-electron chi connectivity index (χ1n) is 8.79. The van der Waals surface area contributed by atoms with Gasteiger partial charge in [-0.25, -0.2) is 0 Å². The van der Waals surface area contributed by atoms with Crippen molar-refractivity contribution in [3.63, 3.8) is 0 Å². The van der Waals surface area contributed by atoms with Crippen LogP contribution in [0.15, 0.2) is 54.6 Å². The summed E-state index contributed by atoms with van der Waals surface area (Å²) in [7, 11) is 1.42. The van der Waals surface area contributed by atoms with E-state index in [9.17, 15) is 9.90 Å². The van der Waals surface area contributed by atoms with Crippen LogP contribution in [-0.2, 0) is 16.1 Å². The Kier molecular flexibility index (Phi) is 5.51. The Morgan fingerprint density at radius 2 is 1.68 bits per heavy atom. The molecular weight excluding hydrogens is 314 g/mol. The molecule has 25 heavy (non-hydrogen) atoms. The van der Waals surface area contributed by atoms with Gasteiger partial charge in [-0.05, 0) is 42.4 Å². The van der Waals surface area contributed by atoms with Crippen molar-refractivity contribution in [1.29, 1.82) is 0 Å². The normalized spacial score (nSPS) is 23.2. The molecule has 4 heteroatoms. The van der Waals surface area contributed by atoms with Crippen molar-refractivity contribution in [3.05, 3.63) is 60.2 Å². The molecule has 0 saturated heterocycles. The van der Waals surface area contributed by atoms with Crippen LogP contribution >= 0.6 is 0 Å². The van der Waals surface area contributed by atoms with Crippen LogP contribution in [0.25, 0.3) is 11.1 Å². The zero-order valence-electron chi connectivity index (χ0n) is 14.6. The Morgan fingerprint density at radius 1 is 1.08 bits per heavy atom. The molecule has 0 aromatic heterocycles. The molecule has 0 spiro atoms. The zero-order chi connectivity index (χ0) is 17.7. The average molecular weight is 339 g/mol. The molecule has 132 valence electrons. The molecule has 2 aromatic carbocycles. The summed E-state index contributed by atoms with van der Waals surface area (Å²) in [5.41, 5.74) is 2.79. The summed E-state index contributed by atoms with van der Waals surface area (Å²) < 4.78 is 5.01. The highest BCUT2D eigenvalue weighted by atomic mass is 16.5. The van der Waals surface area contributed by atoms with E-state index in [1.165, 1.54) is 18.2 Å². The lowest BCUT2D eigenvalue weighted by molar-refractivity contribution is -0.151. The van der Waals surface area contributed by atoms with Gasteiger partial charge in [0.2, 0.25) is 0 Å². The van der Waals surface area contributed by atoms with Crippen molar-refractivity contribution < 1.29 is 14.6 Å². The highest BCUT2D eigenvalue weighted by molar-refractivity contribution is 5.81. The molecule has 0 atom stereocenters. The topological polar surface area (TPSA) is 58.6 Å². The van der Waals surface area contributed by atoms with Crippen LogP contribution in [-0.4, -0.2) is 29.8 Å². The fraction of sp³-hybridized carbons (Fsp3) is 0.381. The molecule has 0 amide bonds. The van der Waals surface area contributed by atoms with Gasteiger partial charge < -0.3 is 9.84 Å². The minimum absolute atomic E-state index is 0.236. The van der Waals surface area contributed by atoms with Gasteiger partial charge in [0, 0.05) is 6.54 Å². The van der Waals surface area contributed by atoms with Crippen molar-refractivity contribution in [2.45, 2.75) is 43.9 Å². The summed E-state index contributed by atoms with van der Waals surface area (Å²) in [4.78, 5) is 12.3. The van der Waals surface area contributed by atoms with Crippen LogP contribution in [0.1, 0.15) is 31.2 Å². The third kappa shape index (κ3) is 4.09. The number of benzene rings is 2. The van der Waals surface area contributed by atoms with Crippen molar-refractivity contribution in [2.75, 3.05) is 7.11 Å². The van der Waals surface area contributed by atoms with E-state index in [2.05, 4.69) is 41.7 Å². The third-order valence-electron chi connectivity index (χ3n) is 5.08. The van der Waals surface area contributed by atoms with Gasteiger partial charge in [-0.2, -0.15) is 0 Å². The van der Waals surface area contributed by atoms with Crippen LogP contribution < -0.4 is 5.32 Å². The lowest BCUT2D eigenvalue weighted by Gasteiger charge is -2.37.